The summed E-state index contributed by atoms with van der Waals surface area (Å²) in [7, 11) is -3.49. The van der Waals surface area contributed by atoms with Gasteiger partial charge < -0.3 is 18.9 Å². The van der Waals surface area contributed by atoms with E-state index in [9.17, 15) is 9.67 Å². The van der Waals surface area contributed by atoms with E-state index >= 15 is 0 Å². The lowest BCUT2D eigenvalue weighted by atomic mass is 10.0. The Morgan fingerprint density at radius 1 is 1.42 bits per heavy atom. The lowest BCUT2D eigenvalue weighted by molar-refractivity contribution is -0.0157. The van der Waals surface area contributed by atoms with Crippen molar-refractivity contribution in [1.82, 2.24) is 5.32 Å². The zero-order valence-corrected chi connectivity index (χ0v) is 13.1. The highest BCUT2D eigenvalue weighted by atomic mass is 31.2. The first-order valence-corrected chi connectivity index (χ1v) is 8.34. The molecule has 1 aliphatic heterocycles. The first-order valence-electron chi connectivity index (χ1n) is 6.80. The van der Waals surface area contributed by atoms with Crippen LogP contribution in [0.5, 0.6) is 0 Å². The quantitative estimate of drug-likeness (QED) is 0.695. The molecule has 6 nitrogen and oxygen atoms in total. The third-order valence-electron chi connectivity index (χ3n) is 3.28. The van der Waals surface area contributed by atoms with Gasteiger partial charge in [0.05, 0.1) is 33.0 Å². The number of morpholine rings is 1. The van der Waals surface area contributed by atoms with Crippen LogP contribution >= 0.6 is 7.60 Å². The maximum Gasteiger partial charge on any atom is 0.355 e. The molecule has 0 unspecified atom stereocenters. The topological polar surface area (TPSA) is 77.0 Å². The lowest BCUT2D eigenvalue weighted by Gasteiger charge is -2.44. The zero-order chi connectivity index (χ0) is 14.5. The van der Waals surface area contributed by atoms with Crippen LogP contribution in [-0.2, 0) is 18.3 Å². The van der Waals surface area contributed by atoms with Crippen molar-refractivity contribution in [2.45, 2.75) is 39.0 Å². The normalized spacial score (nSPS) is 28.8. The number of hydrogen-bond donors (Lipinski definition) is 2. The molecular formula is C12H26NO5P. The Labute approximate surface area is 115 Å². The van der Waals surface area contributed by atoms with Crippen molar-refractivity contribution in [2.24, 2.45) is 5.92 Å². The average molecular weight is 295 g/mol. The highest BCUT2D eigenvalue weighted by molar-refractivity contribution is 7.55. The van der Waals surface area contributed by atoms with Crippen LogP contribution < -0.4 is 5.32 Å². The lowest BCUT2D eigenvalue weighted by Crippen LogP contribution is -2.62. The van der Waals surface area contributed by atoms with Gasteiger partial charge in [0, 0.05) is 6.04 Å². The fourth-order valence-corrected chi connectivity index (χ4v) is 4.10. The van der Waals surface area contributed by atoms with Gasteiger partial charge >= 0.3 is 7.60 Å². The molecule has 0 aromatic carbocycles. The molecule has 0 amide bonds. The third-order valence-corrected chi connectivity index (χ3v) is 5.93. The number of hydrogen-bond acceptors (Lipinski definition) is 6. The molecule has 0 bridgehead atoms. The minimum atomic E-state index is -3.49. The van der Waals surface area contributed by atoms with E-state index in [1.807, 2.05) is 13.8 Å². The third kappa shape index (κ3) is 3.57. The Bertz CT molecular complexity index is 315. The van der Waals surface area contributed by atoms with E-state index in [2.05, 4.69) is 5.32 Å². The molecule has 0 aromatic rings. The summed E-state index contributed by atoms with van der Waals surface area (Å²) < 4.78 is 29.2. The highest BCUT2D eigenvalue weighted by Gasteiger charge is 2.54. The first-order chi connectivity index (χ1) is 8.94. The van der Waals surface area contributed by atoms with Gasteiger partial charge in [0.15, 0.2) is 5.28 Å². The molecule has 0 spiro atoms. The van der Waals surface area contributed by atoms with Crippen LogP contribution in [0, 0.1) is 5.92 Å². The second-order valence-electron chi connectivity index (χ2n) is 5.03. The second kappa shape index (κ2) is 7.16. The molecule has 0 radical (unpaired) electrons. The van der Waals surface area contributed by atoms with Gasteiger partial charge in [-0.3, -0.25) is 9.88 Å². The van der Waals surface area contributed by atoms with E-state index in [-0.39, 0.29) is 32.5 Å². The fraction of sp³-hybridized carbons (Fsp3) is 1.00. The van der Waals surface area contributed by atoms with Crippen LogP contribution in [0.4, 0.5) is 0 Å². The summed E-state index contributed by atoms with van der Waals surface area (Å²) in [5.41, 5.74) is 0. The molecule has 19 heavy (non-hydrogen) atoms. The van der Waals surface area contributed by atoms with E-state index < -0.39 is 12.9 Å². The minimum Gasteiger partial charge on any atom is -0.394 e. The Morgan fingerprint density at radius 2 is 2.00 bits per heavy atom. The minimum absolute atomic E-state index is 0.00939. The van der Waals surface area contributed by atoms with Crippen molar-refractivity contribution in [1.29, 1.82) is 0 Å². The van der Waals surface area contributed by atoms with Gasteiger partial charge in [0.1, 0.15) is 0 Å². The Balaban J connectivity index is 3.02. The fourth-order valence-electron chi connectivity index (χ4n) is 2.10. The zero-order valence-electron chi connectivity index (χ0n) is 12.2. The first kappa shape index (κ1) is 17.1. The maximum atomic E-state index is 12.9. The molecule has 1 heterocycles. The van der Waals surface area contributed by atoms with Crippen molar-refractivity contribution in [3.63, 3.8) is 0 Å². The van der Waals surface area contributed by atoms with Crippen LogP contribution in [0.2, 0.25) is 0 Å². The largest absolute Gasteiger partial charge is 0.394 e. The second-order valence-corrected chi connectivity index (χ2v) is 7.40. The molecule has 7 heteroatoms. The molecule has 2 atom stereocenters. The monoisotopic (exact) mass is 295 g/mol. The van der Waals surface area contributed by atoms with Gasteiger partial charge in [-0.15, -0.1) is 0 Å². The molecule has 0 saturated carbocycles. The molecule has 114 valence electrons. The standard InChI is InChI=1S/C12H26NO5P/c1-5-17-19(15,18-6-2)12(8-14)9-16-7-11(13-12)10(3)4/h10-11,13-14H,5-9H2,1-4H3/t11-,12+/m1/s1. The van der Waals surface area contributed by atoms with Crippen LogP contribution in [0.3, 0.4) is 0 Å². The van der Waals surface area contributed by atoms with E-state index in [0.717, 1.165) is 0 Å². The summed E-state index contributed by atoms with van der Waals surface area (Å²) in [5.74, 6) is 0.294. The number of rotatable bonds is 7. The molecule has 0 aliphatic carbocycles. The smallest absolute Gasteiger partial charge is 0.355 e. The van der Waals surface area contributed by atoms with Gasteiger partial charge in [-0.2, -0.15) is 0 Å². The summed E-state index contributed by atoms with van der Waals surface area (Å²) in [6, 6.07) is 0.00939. The van der Waals surface area contributed by atoms with Crippen molar-refractivity contribution in [2.75, 3.05) is 33.0 Å². The molecule has 1 rings (SSSR count). The summed E-state index contributed by atoms with van der Waals surface area (Å²) in [6.07, 6.45) is 0. The summed E-state index contributed by atoms with van der Waals surface area (Å²) in [4.78, 5) is 0. The van der Waals surface area contributed by atoms with Crippen molar-refractivity contribution in [3.05, 3.63) is 0 Å². The molecular weight excluding hydrogens is 269 g/mol. The summed E-state index contributed by atoms with van der Waals surface area (Å²) >= 11 is 0. The number of nitrogens with one attached hydrogen (secondary N) is 1. The Morgan fingerprint density at radius 3 is 2.42 bits per heavy atom. The molecule has 1 aliphatic rings. The van der Waals surface area contributed by atoms with Crippen molar-refractivity contribution >= 4 is 7.60 Å². The summed E-state index contributed by atoms with van der Waals surface area (Å²) in [5, 5.41) is 11.8. The van der Waals surface area contributed by atoms with Crippen molar-refractivity contribution in [3.8, 4) is 0 Å². The molecule has 2 N–H and O–H groups in total. The van der Waals surface area contributed by atoms with Gasteiger partial charge in [-0.05, 0) is 19.8 Å². The van der Waals surface area contributed by atoms with Crippen LogP contribution in [0.15, 0.2) is 0 Å². The highest BCUT2D eigenvalue weighted by Crippen LogP contribution is 2.59. The van der Waals surface area contributed by atoms with Crippen LogP contribution in [0.25, 0.3) is 0 Å². The molecule has 0 aromatic heterocycles. The van der Waals surface area contributed by atoms with E-state index in [1.165, 1.54) is 0 Å². The Hall–Kier alpha value is 0.0300. The number of ether oxygens (including phenoxy) is 1. The predicted molar refractivity (Wildman–Crippen MR) is 73.3 cm³/mol. The van der Waals surface area contributed by atoms with Gasteiger partial charge in [-0.25, -0.2) is 0 Å². The van der Waals surface area contributed by atoms with Crippen LogP contribution in [-0.4, -0.2) is 49.5 Å². The average Bonchev–Trinajstić information content (AvgIpc) is 2.39. The van der Waals surface area contributed by atoms with E-state index in [1.54, 1.807) is 13.8 Å². The number of aliphatic hydroxyl groups excluding tert-OH is 1. The van der Waals surface area contributed by atoms with Gasteiger partial charge in [0.25, 0.3) is 0 Å². The molecule has 1 saturated heterocycles. The van der Waals surface area contributed by atoms with E-state index in [0.29, 0.717) is 12.5 Å². The van der Waals surface area contributed by atoms with Crippen LogP contribution in [0.1, 0.15) is 27.7 Å². The number of aliphatic hydroxyl groups is 1. The van der Waals surface area contributed by atoms with E-state index in [4.69, 9.17) is 13.8 Å². The predicted octanol–water partition coefficient (Wildman–Crippen LogP) is 1.59. The maximum absolute atomic E-state index is 12.9. The van der Waals surface area contributed by atoms with Crippen molar-refractivity contribution < 1.29 is 23.5 Å². The SMILES string of the molecule is CCOP(=O)(OCC)[C@@]1(CO)COC[C@H](C(C)C)N1. The Kier molecular flexibility index (Phi) is 6.43. The van der Waals surface area contributed by atoms with Gasteiger partial charge in [-0.1, -0.05) is 13.8 Å². The van der Waals surface area contributed by atoms with Gasteiger partial charge in [0.2, 0.25) is 0 Å². The summed E-state index contributed by atoms with van der Waals surface area (Å²) in [6.45, 7) is 8.39. The molecule has 1 fully saturated rings.